The van der Waals surface area contributed by atoms with E-state index in [1.807, 2.05) is 6.92 Å². The Labute approximate surface area is 116 Å². The van der Waals surface area contributed by atoms with Crippen molar-refractivity contribution in [1.82, 2.24) is 5.32 Å². The van der Waals surface area contributed by atoms with E-state index in [1.54, 1.807) is 6.92 Å². The number of carbonyl (C=O) groups is 2. The van der Waals surface area contributed by atoms with E-state index in [4.69, 9.17) is 5.73 Å². The molecule has 0 radical (unpaired) electrons. The quantitative estimate of drug-likeness (QED) is 0.772. The molecule has 5 nitrogen and oxygen atoms in total. The third-order valence-corrected chi connectivity index (χ3v) is 3.74. The van der Waals surface area contributed by atoms with Gasteiger partial charge < -0.3 is 16.4 Å². The Morgan fingerprint density at radius 2 is 2.10 bits per heavy atom. The smallest absolute Gasteiger partial charge is 0.248 e. The first-order valence-electron chi connectivity index (χ1n) is 6.51. The van der Waals surface area contributed by atoms with Gasteiger partial charge in [0.15, 0.2) is 0 Å². The Bertz CT molecular complexity index is 560. The predicted molar refractivity (Wildman–Crippen MR) is 73.8 cm³/mol. The van der Waals surface area contributed by atoms with Crippen LogP contribution < -0.4 is 16.4 Å². The second-order valence-electron chi connectivity index (χ2n) is 5.23. The number of nitrogens with one attached hydrogen (secondary N) is 2. The fourth-order valence-electron chi connectivity index (χ4n) is 2.34. The summed E-state index contributed by atoms with van der Waals surface area (Å²) in [5, 5.41) is 5.83. The summed E-state index contributed by atoms with van der Waals surface area (Å²) in [7, 11) is 0. The molecule has 0 aromatic heterocycles. The van der Waals surface area contributed by atoms with Gasteiger partial charge in [0.05, 0.1) is 5.92 Å². The number of amides is 2. The molecule has 2 atom stereocenters. The summed E-state index contributed by atoms with van der Waals surface area (Å²) in [5.74, 6) is -1.40. The second kappa shape index (κ2) is 5.58. The minimum absolute atomic E-state index is 0.0426. The monoisotopic (exact) mass is 279 g/mol. The molecule has 1 heterocycles. The van der Waals surface area contributed by atoms with Crippen LogP contribution in [0.4, 0.5) is 10.1 Å². The number of halogens is 1. The van der Waals surface area contributed by atoms with Crippen LogP contribution >= 0.6 is 0 Å². The zero-order chi connectivity index (χ0) is 14.9. The van der Waals surface area contributed by atoms with Crippen molar-refractivity contribution in [3.8, 4) is 0 Å². The molecule has 1 aliphatic heterocycles. The average Bonchev–Trinajstić information content (AvgIpc) is 2.80. The van der Waals surface area contributed by atoms with Crippen LogP contribution in [0.5, 0.6) is 0 Å². The number of hydrogen-bond donors (Lipinski definition) is 3. The molecule has 6 heteroatoms. The van der Waals surface area contributed by atoms with Gasteiger partial charge in [0.25, 0.3) is 0 Å². The predicted octanol–water partition coefficient (Wildman–Crippen LogP) is 1.03. The van der Waals surface area contributed by atoms with E-state index < -0.39 is 11.7 Å². The topological polar surface area (TPSA) is 84.2 Å². The third kappa shape index (κ3) is 2.80. The lowest BCUT2D eigenvalue weighted by molar-refractivity contribution is -0.120. The zero-order valence-corrected chi connectivity index (χ0v) is 11.5. The van der Waals surface area contributed by atoms with Gasteiger partial charge in [-0.2, -0.15) is 0 Å². The van der Waals surface area contributed by atoms with Gasteiger partial charge in [0.1, 0.15) is 5.82 Å². The first-order chi connectivity index (χ1) is 9.40. The molecule has 1 aromatic carbocycles. The minimum Gasteiger partial charge on any atom is -0.366 e. The Balaban J connectivity index is 2.24. The van der Waals surface area contributed by atoms with Crippen LogP contribution in [0.25, 0.3) is 0 Å². The zero-order valence-electron chi connectivity index (χ0n) is 11.5. The second-order valence-corrected chi connectivity index (χ2v) is 5.23. The van der Waals surface area contributed by atoms with E-state index in [0.717, 1.165) is 12.6 Å². The van der Waals surface area contributed by atoms with E-state index in [0.29, 0.717) is 17.8 Å². The lowest BCUT2D eigenvalue weighted by Gasteiger charge is -2.16. The van der Waals surface area contributed by atoms with Crippen LogP contribution in [0.3, 0.4) is 0 Å². The number of carbonyl (C=O) groups excluding carboxylic acids is 2. The van der Waals surface area contributed by atoms with Crippen molar-refractivity contribution in [2.75, 3.05) is 18.4 Å². The molecule has 1 aromatic rings. The van der Waals surface area contributed by atoms with Gasteiger partial charge in [0, 0.05) is 23.4 Å². The third-order valence-electron chi connectivity index (χ3n) is 3.74. The van der Waals surface area contributed by atoms with Crippen molar-refractivity contribution in [3.63, 3.8) is 0 Å². The lowest BCUT2D eigenvalue weighted by atomic mass is 9.97. The maximum absolute atomic E-state index is 13.7. The molecule has 0 spiro atoms. The van der Waals surface area contributed by atoms with Gasteiger partial charge >= 0.3 is 0 Å². The summed E-state index contributed by atoms with van der Waals surface area (Å²) >= 11 is 0. The highest BCUT2D eigenvalue weighted by atomic mass is 19.1. The van der Waals surface area contributed by atoms with Crippen molar-refractivity contribution in [2.24, 2.45) is 17.6 Å². The highest BCUT2D eigenvalue weighted by Gasteiger charge is 2.30. The normalized spacial score (nSPS) is 21.8. The van der Waals surface area contributed by atoms with Gasteiger partial charge in [0.2, 0.25) is 11.8 Å². The van der Waals surface area contributed by atoms with E-state index in [1.165, 1.54) is 6.07 Å². The van der Waals surface area contributed by atoms with Crippen molar-refractivity contribution in [1.29, 1.82) is 0 Å². The van der Waals surface area contributed by atoms with E-state index in [-0.39, 0.29) is 23.3 Å². The van der Waals surface area contributed by atoms with Crippen LogP contribution in [0.2, 0.25) is 0 Å². The van der Waals surface area contributed by atoms with Crippen LogP contribution in [0.15, 0.2) is 12.1 Å². The lowest BCUT2D eigenvalue weighted by Crippen LogP contribution is -2.28. The van der Waals surface area contributed by atoms with Crippen LogP contribution in [-0.2, 0) is 4.79 Å². The number of rotatable bonds is 3. The molecule has 1 aliphatic rings. The number of primary amides is 1. The van der Waals surface area contributed by atoms with Crippen LogP contribution in [-0.4, -0.2) is 24.9 Å². The molecule has 0 saturated carbocycles. The van der Waals surface area contributed by atoms with Crippen molar-refractivity contribution < 1.29 is 14.0 Å². The summed E-state index contributed by atoms with van der Waals surface area (Å²) in [4.78, 5) is 23.3. The standard InChI is InChI=1S/C14H18FN3O2/c1-7-5-17-6-10(7)14(20)18-12-4-9(13(16)19)3-11(15)8(12)2/h3-4,7,10,17H,5-6H2,1-2H3,(H2,16,19)(H,18,20)/t7-,10-/m1/s1. The van der Waals surface area contributed by atoms with Crippen molar-refractivity contribution in [2.45, 2.75) is 13.8 Å². The Hall–Kier alpha value is -1.95. The summed E-state index contributed by atoms with van der Waals surface area (Å²) < 4.78 is 13.7. The van der Waals surface area contributed by atoms with Crippen LogP contribution in [0, 0.1) is 24.6 Å². The number of hydrogen-bond acceptors (Lipinski definition) is 3. The maximum atomic E-state index is 13.7. The number of benzene rings is 1. The van der Waals surface area contributed by atoms with Gasteiger partial charge in [-0.15, -0.1) is 0 Å². The summed E-state index contributed by atoms with van der Waals surface area (Å²) in [6, 6.07) is 2.48. The first kappa shape index (κ1) is 14.5. The van der Waals surface area contributed by atoms with Crippen molar-refractivity contribution >= 4 is 17.5 Å². The minimum atomic E-state index is -0.727. The molecule has 108 valence electrons. The molecular formula is C14H18FN3O2. The number of nitrogens with two attached hydrogens (primary N) is 1. The van der Waals surface area contributed by atoms with E-state index >= 15 is 0 Å². The van der Waals surface area contributed by atoms with Gasteiger partial charge in [-0.05, 0) is 31.5 Å². The average molecular weight is 279 g/mol. The molecule has 1 saturated heterocycles. The van der Waals surface area contributed by atoms with Gasteiger partial charge in [-0.3, -0.25) is 9.59 Å². The highest BCUT2D eigenvalue weighted by Crippen LogP contribution is 2.23. The largest absolute Gasteiger partial charge is 0.366 e. The SMILES string of the molecule is Cc1c(F)cc(C(N)=O)cc1NC(=O)[C@@H]1CNC[C@H]1C. The summed E-state index contributed by atoms with van der Waals surface area (Å²) in [6.45, 7) is 4.92. The Morgan fingerprint density at radius 3 is 2.65 bits per heavy atom. The van der Waals surface area contributed by atoms with E-state index in [2.05, 4.69) is 10.6 Å². The first-order valence-corrected chi connectivity index (χ1v) is 6.51. The van der Waals surface area contributed by atoms with E-state index in [9.17, 15) is 14.0 Å². The molecule has 0 aliphatic carbocycles. The molecule has 0 unspecified atom stereocenters. The van der Waals surface area contributed by atoms with Gasteiger partial charge in [-0.1, -0.05) is 6.92 Å². The fourth-order valence-corrected chi connectivity index (χ4v) is 2.34. The molecule has 2 amide bonds. The van der Waals surface area contributed by atoms with Gasteiger partial charge in [-0.25, -0.2) is 4.39 Å². The summed E-state index contributed by atoms with van der Waals surface area (Å²) in [6.07, 6.45) is 0. The highest BCUT2D eigenvalue weighted by molar-refractivity contribution is 5.97. The Kier molecular flexibility index (Phi) is 4.04. The summed E-state index contributed by atoms with van der Waals surface area (Å²) in [5.41, 5.74) is 5.78. The Morgan fingerprint density at radius 1 is 1.40 bits per heavy atom. The fraction of sp³-hybridized carbons (Fsp3) is 0.429. The van der Waals surface area contributed by atoms with Crippen LogP contribution in [0.1, 0.15) is 22.8 Å². The molecule has 2 rings (SSSR count). The molecule has 4 N–H and O–H groups in total. The maximum Gasteiger partial charge on any atom is 0.248 e. The number of anilines is 1. The molecule has 20 heavy (non-hydrogen) atoms. The molecular weight excluding hydrogens is 261 g/mol. The van der Waals surface area contributed by atoms with Crippen molar-refractivity contribution in [3.05, 3.63) is 29.1 Å². The molecule has 0 bridgehead atoms. The molecule has 1 fully saturated rings.